The summed E-state index contributed by atoms with van der Waals surface area (Å²) in [5, 5.41) is 5.90. The molecule has 0 N–H and O–H groups in total. The second kappa shape index (κ2) is 7.64. The highest BCUT2D eigenvalue weighted by atomic mass is 16.6. The summed E-state index contributed by atoms with van der Waals surface area (Å²) in [5.74, 6) is 1.30. The molecule has 4 rings (SSSR count). The first kappa shape index (κ1) is 18.5. The molecule has 1 saturated heterocycles. The molecule has 146 valence electrons. The second-order valence-electron chi connectivity index (χ2n) is 7.35. The van der Waals surface area contributed by atoms with E-state index in [1.54, 1.807) is 7.11 Å². The van der Waals surface area contributed by atoms with Crippen LogP contribution in [-0.4, -0.2) is 38.5 Å². The Kier molecular flexibility index (Phi) is 5.05. The fourth-order valence-corrected chi connectivity index (χ4v) is 3.55. The fraction of sp³-hybridized carbons (Fsp3) is 0.364. The molecule has 0 aliphatic carbocycles. The average Bonchev–Trinajstić information content (AvgIpc) is 3.22. The maximum Gasteiger partial charge on any atom is 0.248 e. The highest BCUT2D eigenvalue weighted by molar-refractivity contribution is 6.00. The minimum atomic E-state index is -0.509. The van der Waals surface area contributed by atoms with Crippen LogP contribution in [0.3, 0.4) is 0 Å². The molecule has 2 aromatic rings. The lowest BCUT2D eigenvalue weighted by atomic mass is 9.79. The Morgan fingerprint density at radius 2 is 2.00 bits per heavy atom. The Bertz CT molecular complexity index is 877. The molecule has 2 aliphatic heterocycles. The summed E-state index contributed by atoms with van der Waals surface area (Å²) in [4.78, 5) is 12.8. The largest absolute Gasteiger partial charge is 0.493 e. The number of methoxy groups -OCH3 is 1. The van der Waals surface area contributed by atoms with Gasteiger partial charge in [0.25, 0.3) is 0 Å². The van der Waals surface area contributed by atoms with Crippen molar-refractivity contribution in [1.29, 1.82) is 0 Å². The Morgan fingerprint density at radius 1 is 1.18 bits per heavy atom. The molecule has 2 heterocycles. The zero-order valence-electron chi connectivity index (χ0n) is 16.1. The summed E-state index contributed by atoms with van der Waals surface area (Å²) >= 11 is 0. The van der Waals surface area contributed by atoms with Crippen LogP contribution < -0.4 is 14.5 Å². The van der Waals surface area contributed by atoms with Crippen LogP contribution in [0.25, 0.3) is 0 Å². The average molecular weight is 380 g/mol. The molecule has 0 aromatic heterocycles. The molecule has 2 aliphatic rings. The lowest BCUT2D eigenvalue weighted by molar-refractivity contribution is -0.119. The predicted molar refractivity (Wildman–Crippen MR) is 107 cm³/mol. The van der Waals surface area contributed by atoms with Crippen molar-refractivity contribution in [1.82, 2.24) is 0 Å². The number of hydrogen-bond donors (Lipinski definition) is 0. The molecule has 0 radical (unpaired) electrons. The van der Waals surface area contributed by atoms with Gasteiger partial charge < -0.3 is 14.2 Å². The van der Waals surface area contributed by atoms with Crippen LogP contribution >= 0.6 is 0 Å². The second-order valence-corrected chi connectivity index (χ2v) is 7.35. The number of carbonyl (C=O) groups is 1. The molecule has 0 bridgehead atoms. The Morgan fingerprint density at radius 3 is 2.68 bits per heavy atom. The Hall–Kier alpha value is -2.86. The van der Waals surface area contributed by atoms with Crippen molar-refractivity contribution in [3.63, 3.8) is 0 Å². The van der Waals surface area contributed by atoms with E-state index in [0.29, 0.717) is 24.5 Å². The smallest absolute Gasteiger partial charge is 0.248 e. The maximum absolute atomic E-state index is 12.8. The van der Waals surface area contributed by atoms with E-state index in [4.69, 9.17) is 14.2 Å². The molecule has 2 atom stereocenters. The van der Waals surface area contributed by atoms with Gasteiger partial charge in [0.1, 0.15) is 6.10 Å². The van der Waals surface area contributed by atoms with Crippen molar-refractivity contribution >= 4 is 17.8 Å². The lowest BCUT2D eigenvalue weighted by Crippen LogP contribution is -2.40. The molecule has 28 heavy (non-hydrogen) atoms. The summed E-state index contributed by atoms with van der Waals surface area (Å²) in [6.07, 6.45) is 3.08. The van der Waals surface area contributed by atoms with Crippen LogP contribution in [0.1, 0.15) is 25.3 Å². The van der Waals surface area contributed by atoms with Gasteiger partial charge in [0.05, 0.1) is 26.0 Å². The maximum atomic E-state index is 12.8. The van der Waals surface area contributed by atoms with Crippen molar-refractivity contribution in [2.24, 2.45) is 5.10 Å². The van der Waals surface area contributed by atoms with Crippen LogP contribution in [0.15, 0.2) is 53.6 Å². The van der Waals surface area contributed by atoms with E-state index in [9.17, 15) is 4.79 Å². The zero-order chi connectivity index (χ0) is 19.6. The van der Waals surface area contributed by atoms with Gasteiger partial charge in [-0.05, 0) is 36.8 Å². The number of hydrogen-bond acceptors (Lipinski definition) is 5. The quantitative estimate of drug-likeness (QED) is 0.796. The number of amides is 1. The number of carbonyl (C=O) groups excluding carboxylic acids is 1. The van der Waals surface area contributed by atoms with Crippen molar-refractivity contribution in [2.45, 2.75) is 31.3 Å². The van der Waals surface area contributed by atoms with Crippen molar-refractivity contribution < 1.29 is 19.0 Å². The van der Waals surface area contributed by atoms with E-state index in [1.165, 1.54) is 5.01 Å². The van der Waals surface area contributed by atoms with Gasteiger partial charge in [0.15, 0.2) is 11.5 Å². The normalized spacial score (nSPS) is 24.4. The van der Waals surface area contributed by atoms with Crippen molar-refractivity contribution in [3.05, 3.63) is 54.1 Å². The van der Waals surface area contributed by atoms with Crippen LogP contribution in [0.5, 0.6) is 11.5 Å². The molecule has 6 heteroatoms. The fourth-order valence-electron chi connectivity index (χ4n) is 3.55. The van der Waals surface area contributed by atoms with Gasteiger partial charge in [-0.2, -0.15) is 5.10 Å². The van der Waals surface area contributed by atoms with E-state index < -0.39 is 5.41 Å². The van der Waals surface area contributed by atoms with Gasteiger partial charge in [-0.1, -0.05) is 24.3 Å². The highest BCUT2D eigenvalue weighted by Crippen LogP contribution is 2.37. The lowest BCUT2D eigenvalue weighted by Gasteiger charge is -2.32. The molecule has 2 unspecified atom stereocenters. The molecule has 0 spiro atoms. The molecule has 1 fully saturated rings. The molecular formula is C22H24N2O4. The predicted octanol–water partition coefficient (Wildman–Crippen LogP) is 3.54. The third kappa shape index (κ3) is 3.60. The van der Waals surface area contributed by atoms with Crippen molar-refractivity contribution in [2.75, 3.05) is 25.3 Å². The van der Waals surface area contributed by atoms with E-state index in [0.717, 1.165) is 24.3 Å². The number of nitrogens with zero attached hydrogens (tertiary/aromatic N) is 2. The molecule has 6 nitrogen and oxygen atoms in total. The Balaban J connectivity index is 1.58. The SMILES string of the molecule is COc1cc(C2(C)C=NN(c3ccccc3)C(=O)C2)ccc1OC1CCOC1. The zero-order valence-corrected chi connectivity index (χ0v) is 16.1. The number of para-hydroxylation sites is 1. The summed E-state index contributed by atoms with van der Waals surface area (Å²) in [5.41, 5.74) is 1.22. The molecule has 1 amide bonds. The first-order valence-electron chi connectivity index (χ1n) is 9.45. The summed E-state index contributed by atoms with van der Waals surface area (Å²) in [6.45, 7) is 3.33. The third-order valence-corrected chi connectivity index (χ3v) is 5.22. The minimum absolute atomic E-state index is 0.0430. The monoisotopic (exact) mass is 380 g/mol. The molecule has 2 aromatic carbocycles. The number of hydrazone groups is 1. The highest BCUT2D eigenvalue weighted by Gasteiger charge is 2.35. The third-order valence-electron chi connectivity index (χ3n) is 5.22. The Labute approximate surface area is 164 Å². The van der Waals surface area contributed by atoms with E-state index >= 15 is 0 Å². The van der Waals surface area contributed by atoms with Crippen LogP contribution in [0.4, 0.5) is 5.69 Å². The van der Waals surface area contributed by atoms with E-state index in [2.05, 4.69) is 5.10 Å². The molecular weight excluding hydrogens is 356 g/mol. The number of ether oxygens (including phenoxy) is 3. The summed E-state index contributed by atoms with van der Waals surface area (Å²) in [7, 11) is 1.62. The summed E-state index contributed by atoms with van der Waals surface area (Å²) < 4.78 is 16.9. The van der Waals surface area contributed by atoms with Crippen LogP contribution in [-0.2, 0) is 14.9 Å². The van der Waals surface area contributed by atoms with E-state index in [1.807, 2.05) is 61.7 Å². The van der Waals surface area contributed by atoms with Crippen LogP contribution in [0.2, 0.25) is 0 Å². The number of benzene rings is 2. The first-order valence-corrected chi connectivity index (χ1v) is 9.45. The van der Waals surface area contributed by atoms with Crippen molar-refractivity contribution in [3.8, 4) is 11.5 Å². The van der Waals surface area contributed by atoms with Gasteiger partial charge in [0, 0.05) is 24.5 Å². The van der Waals surface area contributed by atoms with Gasteiger partial charge in [-0.15, -0.1) is 0 Å². The number of rotatable bonds is 5. The number of anilines is 1. The standard InChI is InChI=1S/C22H24N2O4/c1-22(13-21(25)24(23-15-22)17-6-4-3-5-7-17)16-8-9-19(20(12-16)26-2)28-18-10-11-27-14-18/h3-9,12,15,18H,10-11,13-14H2,1-2H3. The van der Waals surface area contributed by atoms with Crippen LogP contribution in [0, 0.1) is 0 Å². The van der Waals surface area contributed by atoms with Gasteiger partial charge in [-0.25, -0.2) is 5.01 Å². The molecule has 0 saturated carbocycles. The minimum Gasteiger partial charge on any atom is -0.493 e. The van der Waals surface area contributed by atoms with Gasteiger partial charge in [0.2, 0.25) is 5.91 Å². The van der Waals surface area contributed by atoms with E-state index in [-0.39, 0.29) is 12.0 Å². The van der Waals surface area contributed by atoms with Gasteiger partial charge in [-0.3, -0.25) is 4.79 Å². The topological polar surface area (TPSA) is 60.4 Å². The van der Waals surface area contributed by atoms with Gasteiger partial charge >= 0.3 is 0 Å². The first-order chi connectivity index (χ1) is 13.6. The summed E-state index contributed by atoms with van der Waals surface area (Å²) in [6, 6.07) is 15.3.